The van der Waals surface area contributed by atoms with Gasteiger partial charge in [0.15, 0.2) is 11.5 Å². The summed E-state index contributed by atoms with van der Waals surface area (Å²) in [5, 5.41) is 3.87. The summed E-state index contributed by atoms with van der Waals surface area (Å²) < 4.78 is 16.1. The summed E-state index contributed by atoms with van der Waals surface area (Å²) >= 11 is 6.25. The van der Waals surface area contributed by atoms with E-state index in [0.717, 1.165) is 17.2 Å². The predicted molar refractivity (Wildman–Crippen MR) is 80.0 cm³/mol. The molecule has 108 valence electrons. The van der Waals surface area contributed by atoms with Crippen molar-refractivity contribution in [1.29, 1.82) is 0 Å². The molecule has 2 aromatic rings. The summed E-state index contributed by atoms with van der Waals surface area (Å²) in [5.41, 5.74) is 0.769. The molecule has 1 aromatic carbocycles. The summed E-state index contributed by atoms with van der Waals surface area (Å²) in [6.07, 6.45) is 0. The zero-order valence-corrected chi connectivity index (χ0v) is 12.7. The topological polar surface area (TPSA) is 43.6 Å². The molecule has 1 N–H and O–H groups in total. The lowest BCUT2D eigenvalue weighted by molar-refractivity contribution is 0.355. The molecule has 2 rings (SSSR count). The molecule has 0 aliphatic rings. The Kier molecular flexibility index (Phi) is 4.45. The van der Waals surface area contributed by atoms with E-state index < -0.39 is 0 Å². The van der Waals surface area contributed by atoms with Crippen molar-refractivity contribution in [3.63, 3.8) is 0 Å². The number of furan rings is 1. The van der Waals surface area contributed by atoms with Gasteiger partial charge in [-0.2, -0.15) is 0 Å². The smallest absolute Gasteiger partial charge is 0.162 e. The number of anilines is 1. The van der Waals surface area contributed by atoms with Crippen LogP contribution in [0.5, 0.6) is 11.5 Å². The van der Waals surface area contributed by atoms with Gasteiger partial charge in [0.1, 0.15) is 11.5 Å². The molecule has 1 unspecified atom stereocenters. The first-order valence-electron chi connectivity index (χ1n) is 6.29. The zero-order valence-electron chi connectivity index (χ0n) is 12.0. The average Bonchev–Trinajstić information content (AvgIpc) is 2.87. The Morgan fingerprint density at radius 2 is 1.80 bits per heavy atom. The second-order valence-electron chi connectivity index (χ2n) is 4.50. The minimum absolute atomic E-state index is 0.000647. The van der Waals surface area contributed by atoms with Crippen LogP contribution in [-0.2, 0) is 0 Å². The van der Waals surface area contributed by atoms with Gasteiger partial charge in [-0.05, 0) is 26.0 Å². The van der Waals surface area contributed by atoms with Gasteiger partial charge >= 0.3 is 0 Å². The van der Waals surface area contributed by atoms with Gasteiger partial charge in [0.2, 0.25) is 0 Å². The minimum Gasteiger partial charge on any atom is -0.493 e. The van der Waals surface area contributed by atoms with E-state index in [0.29, 0.717) is 16.5 Å². The highest BCUT2D eigenvalue weighted by atomic mass is 35.5. The van der Waals surface area contributed by atoms with E-state index in [4.69, 9.17) is 25.5 Å². The van der Waals surface area contributed by atoms with Crippen LogP contribution in [-0.4, -0.2) is 14.2 Å². The van der Waals surface area contributed by atoms with Crippen LogP contribution in [0.1, 0.15) is 24.5 Å². The van der Waals surface area contributed by atoms with Gasteiger partial charge < -0.3 is 19.2 Å². The molecule has 0 amide bonds. The number of nitrogens with one attached hydrogen (secondary N) is 1. The predicted octanol–water partition coefficient (Wildman–Crippen LogP) is 4.43. The van der Waals surface area contributed by atoms with Gasteiger partial charge in [-0.25, -0.2) is 0 Å². The van der Waals surface area contributed by atoms with Crippen LogP contribution < -0.4 is 14.8 Å². The van der Waals surface area contributed by atoms with Crippen molar-refractivity contribution in [1.82, 2.24) is 0 Å². The maximum absolute atomic E-state index is 6.25. The van der Waals surface area contributed by atoms with Gasteiger partial charge in [-0.1, -0.05) is 11.6 Å². The van der Waals surface area contributed by atoms with Crippen molar-refractivity contribution < 1.29 is 13.9 Å². The normalized spacial score (nSPS) is 12.1. The van der Waals surface area contributed by atoms with Crippen molar-refractivity contribution >= 4 is 17.3 Å². The Morgan fingerprint density at radius 3 is 2.35 bits per heavy atom. The van der Waals surface area contributed by atoms with Crippen molar-refractivity contribution in [2.45, 2.75) is 19.9 Å². The van der Waals surface area contributed by atoms with E-state index in [1.54, 1.807) is 20.3 Å². The standard InChI is InChI=1S/C15H18ClNO3/c1-9-5-6-13(20-9)10(2)17-12-8-15(19-4)14(18-3)7-11(12)16/h5-8,10,17H,1-4H3. The summed E-state index contributed by atoms with van der Waals surface area (Å²) in [6, 6.07) is 7.42. The fourth-order valence-corrected chi connectivity index (χ4v) is 2.16. The molecular weight excluding hydrogens is 278 g/mol. The van der Waals surface area contributed by atoms with Crippen LogP contribution in [0.15, 0.2) is 28.7 Å². The second-order valence-corrected chi connectivity index (χ2v) is 4.91. The highest BCUT2D eigenvalue weighted by Gasteiger charge is 2.14. The highest BCUT2D eigenvalue weighted by Crippen LogP contribution is 2.37. The molecule has 1 aromatic heterocycles. The third kappa shape index (κ3) is 3.02. The van der Waals surface area contributed by atoms with Crippen LogP contribution in [0.2, 0.25) is 5.02 Å². The van der Waals surface area contributed by atoms with E-state index in [-0.39, 0.29) is 6.04 Å². The summed E-state index contributed by atoms with van der Waals surface area (Å²) in [6.45, 7) is 3.92. The molecule has 0 fully saturated rings. The fraction of sp³-hybridized carbons (Fsp3) is 0.333. The fourth-order valence-electron chi connectivity index (χ4n) is 1.96. The van der Waals surface area contributed by atoms with E-state index in [1.165, 1.54) is 0 Å². The van der Waals surface area contributed by atoms with E-state index in [2.05, 4.69) is 5.32 Å². The Labute approximate surface area is 123 Å². The molecule has 0 radical (unpaired) electrons. The molecule has 0 aliphatic carbocycles. The molecular formula is C15H18ClNO3. The van der Waals surface area contributed by atoms with Crippen LogP contribution >= 0.6 is 11.6 Å². The SMILES string of the molecule is COc1cc(Cl)c(NC(C)c2ccc(C)o2)cc1OC. The number of methoxy groups -OCH3 is 2. The zero-order chi connectivity index (χ0) is 14.7. The van der Waals surface area contributed by atoms with Crippen LogP contribution in [0.4, 0.5) is 5.69 Å². The lowest BCUT2D eigenvalue weighted by Crippen LogP contribution is -2.06. The average molecular weight is 296 g/mol. The Morgan fingerprint density at radius 1 is 1.15 bits per heavy atom. The number of aryl methyl sites for hydroxylation is 1. The maximum Gasteiger partial charge on any atom is 0.162 e. The largest absolute Gasteiger partial charge is 0.493 e. The number of halogens is 1. The molecule has 1 heterocycles. The van der Waals surface area contributed by atoms with E-state index in [9.17, 15) is 0 Å². The first-order chi connectivity index (χ1) is 9.55. The number of hydrogen-bond donors (Lipinski definition) is 1. The van der Waals surface area contributed by atoms with Crippen LogP contribution in [0.3, 0.4) is 0 Å². The third-order valence-corrected chi connectivity index (χ3v) is 3.35. The van der Waals surface area contributed by atoms with E-state index >= 15 is 0 Å². The molecule has 4 nitrogen and oxygen atoms in total. The number of ether oxygens (including phenoxy) is 2. The van der Waals surface area contributed by atoms with Crippen molar-refractivity contribution in [2.24, 2.45) is 0 Å². The van der Waals surface area contributed by atoms with Gasteiger partial charge in [-0.3, -0.25) is 0 Å². The Balaban J connectivity index is 2.24. The summed E-state index contributed by atoms with van der Waals surface area (Å²) in [7, 11) is 3.17. The highest BCUT2D eigenvalue weighted by molar-refractivity contribution is 6.33. The van der Waals surface area contributed by atoms with Gasteiger partial charge in [0.05, 0.1) is 31.0 Å². The van der Waals surface area contributed by atoms with Crippen molar-refractivity contribution in [2.75, 3.05) is 19.5 Å². The number of rotatable bonds is 5. The van der Waals surface area contributed by atoms with Gasteiger partial charge in [-0.15, -0.1) is 0 Å². The Bertz CT molecular complexity index is 595. The number of benzene rings is 1. The lowest BCUT2D eigenvalue weighted by atomic mass is 10.2. The monoisotopic (exact) mass is 295 g/mol. The van der Waals surface area contributed by atoms with Crippen molar-refractivity contribution in [3.8, 4) is 11.5 Å². The van der Waals surface area contributed by atoms with Crippen LogP contribution in [0, 0.1) is 6.92 Å². The Hall–Kier alpha value is -1.81. The van der Waals surface area contributed by atoms with Crippen LogP contribution in [0.25, 0.3) is 0 Å². The summed E-state index contributed by atoms with van der Waals surface area (Å²) in [4.78, 5) is 0. The molecule has 20 heavy (non-hydrogen) atoms. The summed E-state index contributed by atoms with van der Waals surface area (Å²) in [5.74, 6) is 2.96. The van der Waals surface area contributed by atoms with E-state index in [1.807, 2.05) is 32.0 Å². The molecule has 0 saturated heterocycles. The minimum atomic E-state index is -0.000647. The molecule has 0 aliphatic heterocycles. The lowest BCUT2D eigenvalue weighted by Gasteiger charge is -2.16. The number of hydrogen-bond acceptors (Lipinski definition) is 4. The molecule has 0 bridgehead atoms. The first kappa shape index (κ1) is 14.6. The molecule has 0 saturated carbocycles. The molecule has 5 heteroatoms. The maximum atomic E-state index is 6.25. The van der Waals surface area contributed by atoms with Gasteiger partial charge in [0.25, 0.3) is 0 Å². The molecule has 0 spiro atoms. The molecule has 1 atom stereocenters. The second kappa shape index (κ2) is 6.09. The third-order valence-electron chi connectivity index (χ3n) is 3.03. The quantitative estimate of drug-likeness (QED) is 0.886. The first-order valence-corrected chi connectivity index (χ1v) is 6.67. The van der Waals surface area contributed by atoms with Gasteiger partial charge in [0, 0.05) is 12.1 Å². The van der Waals surface area contributed by atoms with Crippen molar-refractivity contribution in [3.05, 3.63) is 40.8 Å².